The lowest BCUT2D eigenvalue weighted by Gasteiger charge is -2.07. The van der Waals surface area contributed by atoms with Crippen LogP contribution in [-0.4, -0.2) is 28.0 Å². The molecule has 1 aromatic carbocycles. The zero-order chi connectivity index (χ0) is 13.3. The Kier molecular flexibility index (Phi) is 3.25. The molecule has 5 nitrogen and oxygen atoms in total. The maximum atomic E-state index is 11.1. The molecule has 1 aromatic heterocycles. The summed E-state index contributed by atoms with van der Waals surface area (Å²) in [5.74, 6) is -0.510. The third-order valence-corrected chi connectivity index (χ3v) is 2.73. The molecule has 0 amide bonds. The lowest BCUT2D eigenvalue weighted by molar-refractivity contribution is 0.0687. The molecule has 18 heavy (non-hydrogen) atoms. The topological polar surface area (TPSA) is 64.4 Å². The van der Waals surface area contributed by atoms with Crippen LogP contribution < -0.4 is 4.74 Å². The molecular weight excluding hydrogens is 256 g/mol. The summed E-state index contributed by atoms with van der Waals surface area (Å²) in [4.78, 5) is 11.1. The van der Waals surface area contributed by atoms with Gasteiger partial charge in [-0.05, 0) is 31.2 Å². The summed E-state index contributed by atoms with van der Waals surface area (Å²) in [6.07, 6.45) is 0. The quantitative estimate of drug-likeness (QED) is 0.927. The number of nitrogens with zero attached hydrogens (tertiary/aromatic N) is 2. The van der Waals surface area contributed by atoms with E-state index in [1.165, 1.54) is 17.9 Å². The average Bonchev–Trinajstić information content (AvgIpc) is 2.71. The van der Waals surface area contributed by atoms with Gasteiger partial charge in [0.25, 0.3) is 0 Å². The van der Waals surface area contributed by atoms with E-state index in [9.17, 15) is 4.79 Å². The van der Waals surface area contributed by atoms with Gasteiger partial charge in [0.05, 0.1) is 23.5 Å². The fourth-order valence-electron chi connectivity index (χ4n) is 1.64. The summed E-state index contributed by atoms with van der Waals surface area (Å²) in [6, 6.07) is 6.48. The highest BCUT2D eigenvalue weighted by atomic mass is 35.5. The van der Waals surface area contributed by atoms with E-state index in [0.717, 1.165) is 0 Å². The van der Waals surface area contributed by atoms with Gasteiger partial charge >= 0.3 is 5.97 Å². The van der Waals surface area contributed by atoms with Crippen molar-refractivity contribution in [1.82, 2.24) is 9.78 Å². The molecule has 0 spiro atoms. The molecule has 0 aliphatic heterocycles. The number of aromatic nitrogens is 2. The molecule has 0 saturated heterocycles. The maximum absolute atomic E-state index is 11.1. The second kappa shape index (κ2) is 4.70. The fourth-order valence-corrected chi connectivity index (χ4v) is 1.89. The van der Waals surface area contributed by atoms with Crippen LogP contribution >= 0.6 is 11.6 Å². The Hall–Kier alpha value is -2.01. The number of halogens is 1. The van der Waals surface area contributed by atoms with Crippen molar-refractivity contribution in [2.75, 3.05) is 7.11 Å². The summed E-state index contributed by atoms with van der Waals surface area (Å²) in [7, 11) is 1.52. The van der Waals surface area contributed by atoms with Crippen molar-refractivity contribution in [3.05, 3.63) is 40.7 Å². The normalized spacial score (nSPS) is 10.4. The van der Waals surface area contributed by atoms with E-state index >= 15 is 0 Å². The SMILES string of the molecule is COc1ccc(-n2nc(C)cc2C(=O)O)cc1Cl. The van der Waals surface area contributed by atoms with E-state index in [1.807, 2.05) is 0 Å². The molecule has 94 valence electrons. The van der Waals surface area contributed by atoms with E-state index in [2.05, 4.69) is 5.10 Å². The first-order valence-corrected chi connectivity index (χ1v) is 5.54. The highest BCUT2D eigenvalue weighted by Gasteiger charge is 2.14. The fraction of sp³-hybridized carbons (Fsp3) is 0.167. The Morgan fingerprint density at radius 3 is 2.72 bits per heavy atom. The van der Waals surface area contributed by atoms with E-state index < -0.39 is 5.97 Å². The van der Waals surface area contributed by atoms with Crippen LogP contribution in [0.15, 0.2) is 24.3 Å². The number of carboxylic acid groups (broad SMARTS) is 1. The van der Waals surface area contributed by atoms with Crippen molar-refractivity contribution >= 4 is 17.6 Å². The van der Waals surface area contributed by atoms with Crippen LogP contribution in [0.2, 0.25) is 5.02 Å². The van der Waals surface area contributed by atoms with Gasteiger partial charge in [-0.15, -0.1) is 0 Å². The molecule has 0 atom stereocenters. The van der Waals surface area contributed by atoms with E-state index in [4.69, 9.17) is 21.4 Å². The molecule has 2 aromatic rings. The zero-order valence-electron chi connectivity index (χ0n) is 9.85. The Bertz CT molecular complexity index is 607. The standard InChI is InChI=1S/C12H11ClN2O3/c1-7-5-10(12(16)17)15(14-7)8-3-4-11(18-2)9(13)6-8/h3-6H,1-2H3,(H,16,17). The second-order valence-corrected chi connectivity index (χ2v) is 4.11. The monoisotopic (exact) mass is 266 g/mol. The molecule has 0 radical (unpaired) electrons. The van der Waals surface area contributed by atoms with Crippen molar-refractivity contribution in [3.63, 3.8) is 0 Å². The van der Waals surface area contributed by atoms with Gasteiger partial charge in [0.15, 0.2) is 5.69 Å². The maximum Gasteiger partial charge on any atom is 0.354 e. The predicted molar refractivity (Wildman–Crippen MR) is 66.8 cm³/mol. The van der Waals surface area contributed by atoms with Crippen LogP contribution in [0.3, 0.4) is 0 Å². The first kappa shape index (κ1) is 12.4. The van der Waals surface area contributed by atoms with Gasteiger partial charge in [0, 0.05) is 0 Å². The molecule has 0 saturated carbocycles. The van der Waals surface area contributed by atoms with Gasteiger partial charge in [0.1, 0.15) is 5.75 Å². The molecule has 2 rings (SSSR count). The number of rotatable bonds is 3. The Morgan fingerprint density at radius 2 is 2.17 bits per heavy atom. The minimum atomic E-state index is -1.04. The van der Waals surface area contributed by atoms with Crippen LogP contribution in [0.5, 0.6) is 5.75 Å². The molecule has 0 unspecified atom stereocenters. The van der Waals surface area contributed by atoms with Crippen molar-refractivity contribution in [3.8, 4) is 11.4 Å². The van der Waals surface area contributed by atoms with Crippen molar-refractivity contribution in [1.29, 1.82) is 0 Å². The Labute approximate surface area is 109 Å². The van der Waals surface area contributed by atoms with Gasteiger partial charge in [-0.2, -0.15) is 5.10 Å². The Balaban J connectivity index is 2.55. The number of carboxylic acids is 1. The van der Waals surface area contributed by atoms with Crippen LogP contribution in [-0.2, 0) is 0 Å². The number of hydrogen-bond donors (Lipinski definition) is 1. The van der Waals surface area contributed by atoms with Gasteiger partial charge in [-0.1, -0.05) is 11.6 Å². The van der Waals surface area contributed by atoms with Crippen molar-refractivity contribution in [2.24, 2.45) is 0 Å². The van der Waals surface area contributed by atoms with Crippen LogP contribution in [0.25, 0.3) is 5.69 Å². The first-order chi connectivity index (χ1) is 8.52. The van der Waals surface area contributed by atoms with Gasteiger partial charge in [-0.25, -0.2) is 9.48 Å². The van der Waals surface area contributed by atoms with Crippen LogP contribution in [0.4, 0.5) is 0 Å². The molecule has 0 aliphatic carbocycles. The lowest BCUT2D eigenvalue weighted by atomic mass is 10.3. The number of benzene rings is 1. The highest BCUT2D eigenvalue weighted by Crippen LogP contribution is 2.27. The summed E-state index contributed by atoms with van der Waals surface area (Å²) in [5.41, 5.74) is 1.29. The van der Waals surface area contributed by atoms with Gasteiger partial charge in [0.2, 0.25) is 0 Å². The smallest absolute Gasteiger partial charge is 0.354 e. The molecule has 1 N–H and O–H groups in total. The minimum absolute atomic E-state index is 0.0914. The molecule has 0 fully saturated rings. The average molecular weight is 267 g/mol. The van der Waals surface area contributed by atoms with E-state index in [0.29, 0.717) is 22.2 Å². The third kappa shape index (κ3) is 2.17. The predicted octanol–water partition coefficient (Wildman–Crippen LogP) is 2.54. The number of ether oxygens (including phenoxy) is 1. The van der Waals surface area contributed by atoms with E-state index in [1.54, 1.807) is 25.1 Å². The summed E-state index contributed by atoms with van der Waals surface area (Å²) in [6.45, 7) is 1.73. The molecule has 0 aliphatic rings. The van der Waals surface area contributed by atoms with Crippen LogP contribution in [0, 0.1) is 6.92 Å². The van der Waals surface area contributed by atoms with Crippen LogP contribution in [0.1, 0.15) is 16.2 Å². The second-order valence-electron chi connectivity index (χ2n) is 3.71. The highest BCUT2D eigenvalue weighted by molar-refractivity contribution is 6.32. The van der Waals surface area contributed by atoms with Gasteiger partial charge in [-0.3, -0.25) is 0 Å². The number of aromatic carboxylic acids is 1. The van der Waals surface area contributed by atoms with Crippen molar-refractivity contribution in [2.45, 2.75) is 6.92 Å². The molecule has 0 bridgehead atoms. The minimum Gasteiger partial charge on any atom is -0.495 e. The van der Waals surface area contributed by atoms with E-state index in [-0.39, 0.29) is 5.69 Å². The first-order valence-electron chi connectivity index (χ1n) is 5.17. The molecular formula is C12H11ClN2O3. The number of methoxy groups -OCH3 is 1. The number of aryl methyl sites for hydroxylation is 1. The number of hydrogen-bond acceptors (Lipinski definition) is 3. The molecule has 6 heteroatoms. The third-order valence-electron chi connectivity index (χ3n) is 2.43. The zero-order valence-corrected chi connectivity index (χ0v) is 10.6. The summed E-state index contributed by atoms with van der Waals surface area (Å²) < 4.78 is 6.38. The molecule has 1 heterocycles. The number of carbonyl (C=O) groups is 1. The van der Waals surface area contributed by atoms with Crippen molar-refractivity contribution < 1.29 is 14.6 Å². The van der Waals surface area contributed by atoms with Gasteiger partial charge < -0.3 is 9.84 Å². The summed E-state index contributed by atoms with van der Waals surface area (Å²) >= 11 is 6.00. The lowest BCUT2D eigenvalue weighted by Crippen LogP contribution is -2.07. The summed E-state index contributed by atoms with van der Waals surface area (Å²) in [5, 5.41) is 13.6. The largest absolute Gasteiger partial charge is 0.495 e. The Morgan fingerprint density at radius 1 is 1.44 bits per heavy atom.